The Hall–Kier alpha value is -7.18. The summed E-state index contributed by atoms with van der Waals surface area (Å²) in [6, 6.07) is 34.9. The molecule has 0 aliphatic heterocycles. The molecule has 0 fully saturated rings. The molecule has 8 heteroatoms. The number of hydrogen-bond donors (Lipinski definition) is 1. The number of allylic oxidation sites excluding steroid dienone is 2. The van der Waals surface area contributed by atoms with Crippen LogP contribution in [0.25, 0.3) is 33.8 Å². The zero-order chi connectivity index (χ0) is 33.8. The average Bonchev–Trinajstić information content (AvgIpc) is 3.47. The molecule has 226 valence electrons. The number of nitrogens with two attached hydrogens (primary N) is 1. The average molecular weight is 619 g/mol. The molecule has 48 heavy (non-hydrogen) atoms. The molecule has 1 atom stereocenters. The van der Waals surface area contributed by atoms with E-state index in [0.29, 0.717) is 46.2 Å². The highest BCUT2D eigenvalue weighted by Crippen LogP contribution is 2.41. The molecule has 6 rings (SSSR count). The second-order valence-electron chi connectivity index (χ2n) is 11.3. The van der Waals surface area contributed by atoms with Gasteiger partial charge in [0.15, 0.2) is 0 Å². The van der Waals surface area contributed by atoms with E-state index in [1.807, 2.05) is 55.5 Å². The fraction of sp³-hybridized carbons (Fsp3) is 0.100. The van der Waals surface area contributed by atoms with Crippen LogP contribution >= 0.6 is 0 Å². The van der Waals surface area contributed by atoms with E-state index in [2.05, 4.69) is 58.1 Å². The molecule has 1 aliphatic rings. The van der Waals surface area contributed by atoms with Gasteiger partial charge in [0.05, 0.1) is 63.8 Å². The molecule has 5 aromatic rings. The summed E-state index contributed by atoms with van der Waals surface area (Å²) in [5, 5.41) is 48.9. The second kappa shape index (κ2) is 13.0. The third-order valence-corrected chi connectivity index (χ3v) is 8.49. The van der Waals surface area contributed by atoms with Crippen LogP contribution in [-0.2, 0) is 6.42 Å². The standard InChI is InChI=1S/C40H26N8/c1-2-25(19-41)24-47-40(46)34-5-3-4-6-37(34)48-38-9-7-30(32-13-26(20-42)11-27(14-32)21-43)17-35(38)36-18-31(8-10-39(36)48)33-15-28(22-44)12-29(16-33)23-45/h3-17,24,31H,2,18H2,1H3,(H2,46,47)/b25-24+. The second-order valence-corrected chi connectivity index (χ2v) is 11.3. The van der Waals surface area contributed by atoms with Gasteiger partial charge in [0.1, 0.15) is 5.84 Å². The normalized spacial score (nSPS) is 13.9. The molecule has 1 aromatic heterocycles. The van der Waals surface area contributed by atoms with Crippen molar-refractivity contribution in [3.63, 3.8) is 0 Å². The predicted octanol–water partition coefficient (Wildman–Crippen LogP) is 7.66. The van der Waals surface area contributed by atoms with E-state index in [1.54, 1.807) is 24.3 Å². The quantitative estimate of drug-likeness (QED) is 0.117. The zero-order valence-corrected chi connectivity index (χ0v) is 25.9. The summed E-state index contributed by atoms with van der Waals surface area (Å²) >= 11 is 0. The van der Waals surface area contributed by atoms with Crippen molar-refractivity contribution in [2.75, 3.05) is 0 Å². The Morgan fingerprint density at radius 1 is 0.833 bits per heavy atom. The van der Waals surface area contributed by atoms with Crippen LogP contribution in [0, 0.1) is 56.7 Å². The molecule has 1 aliphatic carbocycles. The summed E-state index contributed by atoms with van der Waals surface area (Å²) in [5.74, 6) is 0.171. The minimum Gasteiger partial charge on any atom is -0.383 e. The molecule has 4 aromatic carbocycles. The van der Waals surface area contributed by atoms with Gasteiger partial charge in [0.25, 0.3) is 0 Å². The number of rotatable bonds is 6. The van der Waals surface area contributed by atoms with Gasteiger partial charge in [-0.15, -0.1) is 0 Å². The Morgan fingerprint density at radius 3 is 2.10 bits per heavy atom. The van der Waals surface area contributed by atoms with Gasteiger partial charge in [-0.25, -0.2) is 4.99 Å². The smallest absolute Gasteiger partial charge is 0.132 e. The molecule has 0 saturated carbocycles. The van der Waals surface area contributed by atoms with Crippen molar-refractivity contribution in [3.05, 3.63) is 141 Å². The fourth-order valence-electron chi connectivity index (χ4n) is 6.15. The maximum Gasteiger partial charge on any atom is 0.132 e. The van der Waals surface area contributed by atoms with Crippen LogP contribution in [-0.4, -0.2) is 10.4 Å². The topological polar surface area (TPSA) is 162 Å². The molecular weight excluding hydrogens is 592 g/mol. The molecule has 0 radical (unpaired) electrons. The predicted molar refractivity (Wildman–Crippen MR) is 184 cm³/mol. The first-order valence-corrected chi connectivity index (χ1v) is 15.2. The van der Waals surface area contributed by atoms with Crippen LogP contribution in [0.5, 0.6) is 0 Å². The van der Waals surface area contributed by atoms with Crippen molar-refractivity contribution < 1.29 is 0 Å². The summed E-state index contributed by atoms with van der Waals surface area (Å²) in [7, 11) is 0. The number of nitriles is 5. The molecule has 1 heterocycles. The molecular formula is C40H26N8. The molecule has 0 amide bonds. The van der Waals surface area contributed by atoms with Gasteiger partial charge in [0.2, 0.25) is 0 Å². The molecule has 8 nitrogen and oxygen atoms in total. The van der Waals surface area contributed by atoms with Crippen LogP contribution in [0.4, 0.5) is 0 Å². The number of amidine groups is 1. The maximum absolute atomic E-state index is 9.63. The highest BCUT2D eigenvalue weighted by Gasteiger charge is 2.26. The first-order valence-electron chi connectivity index (χ1n) is 15.2. The Morgan fingerprint density at radius 2 is 1.48 bits per heavy atom. The number of para-hydroxylation sites is 1. The fourth-order valence-corrected chi connectivity index (χ4v) is 6.15. The van der Waals surface area contributed by atoms with Crippen molar-refractivity contribution >= 4 is 22.8 Å². The molecule has 0 bridgehead atoms. The summed E-state index contributed by atoms with van der Waals surface area (Å²) in [4.78, 5) is 4.44. The van der Waals surface area contributed by atoms with Crippen LogP contribution < -0.4 is 5.73 Å². The van der Waals surface area contributed by atoms with Gasteiger partial charge < -0.3 is 10.3 Å². The molecule has 0 saturated heterocycles. The Labute approximate surface area is 278 Å². The van der Waals surface area contributed by atoms with E-state index in [9.17, 15) is 26.3 Å². The first kappa shape index (κ1) is 30.8. The van der Waals surface area contributed by atoms with Crippen LogP contribution in [0.1, 0.15) is 63.9 Å². The van der Waals surface area contributed by atoms with Gasteiger partial charge >= 0.3 is 0 Å². The Balaban J connectivity index is 1.59. The third-order valence-electron chi connectivity index (χ3n) is 8.49. The monoisotopic (exact) mass is 618 g/mol. The largest absolute Gasteiger partial charge is 0.383 e. The number of benzene rings is 4. The zero-order valence-electron chi connectivity index (χ0n) is 25.9. The van der Waals surface area contributed by atoms with Crippen molar-refractivity contribution in [1.29, 1.82) is 26.3 Å². The van der Waals surface area contributed by atoms with Gasteiger partial charge in [-0.1, -0.05) is 31.2 Å². The Bertz CT molecular complexity index is 2370. The molecule has 0 spiro atoms. The van der Waals surface area contributed by atoms with Crippen LogP contribution in [0.15, 0.2) is 102 Å². The summed E-state index contributed by atoms with van der Waals surface area (Å²) in [6.45, 7) is 1.89. The maximum atomic E-state index is 9.63. The van der Waals surface area contributed by atoms with E-state index < -0.39 is 0 Å². The number of fused-ring (bicyclic) bond motifs is 3. The minimum atomic E-state index is -0.0989. The summed E-state index contributed by atoms with van der Waals surface area (Å²) < 4.78 is 2.15. The number of nitrogens with zero attached hydrogens (tertiary/aromatic N) is 7. The van der Waals surface area contributed by atoms with Gasteiger partial charge in [-0.05, 0) is 102 Å². The van der Waals surface area contributed by atoms with Crippen LogP contribution in [0.3, 0.4) is 0 Å². The lowest BCUT2D eigenvalue weighted by atomic mass is 9.85. The van der Waals surface area contributed by atoms with E-state index in [0.717, 1.165) is 44.5 Å². The summed E-state index contributed by atoms with van der Waals surface area (Å²) in [5.41, 5.74) is 15.6. The van der Waals surface area contributed by atoms with Gasteiger partial charge in [-0.3, -0.25) is 0 Å². The number of aliphatic imine (C=N–C) groups is 1. The van der Waals surface area contributed by atoms with E-state index in [-0.39, 0.29) is 11.8 Å². The lowest BCUT2D eigenvalue weighted by Gasteiger charge is -2.20. The lowest BCUT2D eigenvalue weighted by molar-refractivity contribution is 0.824. The van der Waals surface area contributed by atoms with Crippen molar-refractivity contribution in [1.82, 2.24) is 4.57 Å². The van der Waals surface area contributed by atoms with E-state index >= 15 is 0 Å². The minimum absolute atomic E-state index is 0.0989. The van der Waals surface area contributed by atoms with Crippen molar-refractivity contribution in [3.8, 4) is 47.2 Å². The van der Waals surface area contributed by atoms with E-state index in [4.69, 9.17) is 5.73 Å². The Kier molecular flexibility index (Phi) is 8.38. The SMILES string of the molecule is CC/C(C#N)=C\N=C(N)c1ccccc1-n1c2c(c3cc(-c4cc(C#N)cc(C#N)c4)ccc31)CC(c1cc(C#N)cc(C#N)c1)C=C2. The van der Waals surface area contributed by atoms with Gasteiger partial charge in [-0.2, -0.15) is 26.3 Å². The molecule has 2 N–H and O–H groups in total. The van der Waals surface area contributed by atoms with Crippen LogP contribution in [0.2, 0.25) is 0 Å². The number of hydrogen-bond acceptors (Lipinski definition) is 6. The lowest BCUT2D eigenvalue weighted by Crippen LogP contribution is -2.17. The highest BCUT2D eigenvalue weighted by molar-refractivity contribution is 6.03. The van der Waals surface area contributed by atoms with E-state index in [1.165, 1.54) is 6.20 Å². The van der Waals surface area contributed by atoms with Crippen molar-refractivity contribution in [2.24, 2.45) is 10.7 Å². The third kappa shape index (κ3) is 5.69. The van der Waals surface area contributed by atoms with Gasteiger partial charge in [0, 0.05) is 34.3 Å². The molecule has 1 unspecified atom stereocenters. The highest BCUT2D eigenvalue weighted by atomic mass is 15.0. The van der Waals surface area contributed by atoms with Crippen molar-refractivity contribution in [2.45, 2.75) is 25.7 Å². The first-order chi connectivity index (χ1) is 23.4. The number of aromatic nitrogens is 1. The summed E-state index contributed by atoms with van der Waals surface area (Å²) in [6.07, 6.45) is 6.79.